The second-order valence-electron chi connectivity index (χ2n) is 7.20. The first-order valence-corrected chi connectivity index (χ1v) is 7.98. The minimum atomic E-state index is 0.135. The largest absolute Gasteiger partial charge is 0.326 e. The maximum atomic E-state index is 12.2. The number of carbonyl (C=O) groups is 1. The van der Waals surface area contributed by atoms with Crippen molar-refractivity contribution in [2.45, 2.75) is 51.5 Å². The normalized spacial score (nSPS) is 19.9. The summed E-state index contributed by atoms with van der Waals surface area (Å²) in [4.78, 5) is 14.6. The zero-order valence-corrected chi connectivity index (χ0v) is 13.6. The lowest BCUT2D eigenvalue weighted by Crippen LogP contribution is -2.27. The molecule has 3 nitrogen and oxygen atoms in total. The van der Waals surface area contributed by atoms with Gasteiger partial charge in [0.05, 0.1) is 0 Å². The molecule has 1 heterocycles. The third kappa shape index (κ3) is 4.65. The molecule has 1 aliphatic heterocycles. The summed E-state index contributed by atoms with van der Waals surface area (Å²) in [6.45, 7) is 9.60. The van der Waals surface area contributed by atoms with E-state index < -0.39 is 0 Å². The number of carbonyl (C=O) groups excluding carboxylic acids is 1. The number of benzene rings is 1. The molecule has 0 saturated carbocycles. The van der Waals surface area contributed by atoms with Crippen molar-refractivity contribution in [3.05, 3.63) is 35.4 Å². The summed E-state index contributed by atoms with van der Waals surface area (Å²) in [7, 11) is 0. The van der Waals surface area contributed by atoms with E-state index in [2.05, 4.69) is 37.8 Å². The molecule has 21 heavy (non-hydrogen) atoms. The Morgan fingerprint density at radius 3 is 2.48 bits per heavy atom. The van der Waals surface area contributed by atoms with Crippen molar-refractivity contribution in [3.8, 4) is 0 Å². The lowest BCUT2D eigenvalue weighted by molar-refractivity contribution is 0.0976. The molecule has 3 heteroatoms. The molecule has 0 aromatic heterocycles. The van der Waals surface area contributed by atoms with Gasteiger partial charge in [-0.3, -0.25) is 4.79 Å². The van der Waals surface area contributed by atoms with Crippen LogP contribution in [-0.4, -0.2) is 36.4 Å². The lowest BCUT2D eigenvalue weighted by atomic mass is 9.86. The Kier molecular flexibility index (Phi) is 5.17. The summed E-state index contributed by atoms with van der Waals surface area (Å²) in [6, 6.07) is 8.41. The standard InChI is InChI=1S/C18H28N2O/c1-18(2,3)15-8-6-14(7-9-15)17(21)5-4-11-20-12-10-16(19)13-20/h6-9,16H,4-5,10-13,19H2,1-3H3. The summed E-state index contributed by atoms with van der Waals surface area (Å²) in [5, 5.41) is 0. The van der Waals surface area contributed by atoms with Crippen LogP contribution in [0, 0.1) is 0 Å². The number of hydrogen-bond donors (Lipinski definition) is 1. The zero-order valence-electron chi connectivity index (χ0n) is 13.6. The number of Topliss-reactive ketones (excluding diaryl/α,β-unsaturated/α-hetero) is 1. The van der Waals surface area contributed by atoms with Gasteiger partial charge in [0.1, 0.15) is 0 Å². The highest BCUT2D eigenvalue weighted by Gasteiger charge is 2.19. The number of nitrogens with two attached hydrogens (primary N) is 1. The van der Waals surface area contributed by atoms with E-state index >= 15 is 0 Å². The van der Waals surface area contributed by atoms with Crippen molar-refractivity contribution in [1.29, 1.82) is 0 Å². The Morgan fingerprint density at radius 1 is 1.29 bits per heavy atom. The summed E-state index contributed by atoms with van der Waals surface area (Å²) in [5.74, 6) is 0.249. The van der Waals surface area contributed by atoms with E-state index in [1.807, 2.05) is 12.1 Å². The molecule has 116 valence electrons. The molecule has 1 unspecified atom stereocenters. The van der Waals surface area contributed by atoms with Gasteiger partial charge in [-0.1, -0.05) is 45.0 Å². The van der Waals surface area contributed by atoms with Gasteiger partial charge in [-0.15, -0.1) is 0 Å². The van der Waals surface area contributed by atoms with Crippen LogP contribution in [0.15, 0.2) is 24.3 Å². The Balaban J connectivity index is 1.80. The van der Waals surface area contributed by atoms with Crippen molar-refractivity contribution < 1.29 is 4.79 Å². The van der Waals surface area contributed by atoms with Crippen molar-refractivity contribution in [2.24, 2.45) is 5.73 Å². The lowest BCUT2D eigenvalue weighted by Gasteiger charge is -2.19. The molecular formula is C18H28N2O. The molecular weight excluding hydrogens is 260 g/mol. The summed E-state index contributed by atoms with van der Waals surface area (Å²) in [5.41, 5.74) is 8.13. The molecule has 1 aromatic carbocycles. The highest BCUT2D eigenvalue weighted by Crippen LogP contribution is 2.22. The van der Waals surface area contributed by atoms with E-state index in [4.69, 9.17) is 5.73 Å². The van der Waals surface area contributed by atoms with E-state index in [1.165, 1.54) is 5.56 Å². The average Bonchev–Trinajstić information content (AvgIpc) is 2.83. The molecule has 1 atom stereocenters. The SMILES string of the molecule is CC(C)(C)c1ccc(C(=O)CCCN2CCC(N)C2)cc1. The molecule has 0 aliphatic carbocycles. The maximum Gasteiger partial charge on any atom is 0.162 e. The fourth-order valence-corrected chi connectivity index (χ4v) is 2.83. The molecule has 0 bridgehead atoms. The predicted molar refractivity (Wildman–Crippen MR) is 87.7 cm³/mol. The van der Waals surface area contributed by atoms with Gasteiger partial charge >= 0.3 is 0 Å². The van der Waals surface area contributed by atoms with Crippen LogP contribution >= 0.6 is 0 Å². The van der Waals surface area contributed by atoms with Gasteiger partial charge < -0.3 is 10.6 Å². The van der Waals surface area contributed by atoms with E-state index in [0.29, 0.717) is 12.5 Å². The number of hydrogen-bond acceptors (Lipinski definition) is 3. The molecule has 0 radical (unpaired) electrons. The minimum Gasteiger partial charge on any atom is -0.326 e. The third-order valence-corrected chi connectivity index (χ3v) is 4.26. The van der Waals surface area contributed by atoms with Gasteiger partial charge in [-0.05, 0) is 36.9 Å². The van der Waals surface area contributed by atoms with Crippen LogP contribution in [0.4, 0.5) is 0 Å². The Labute approximate surface area is 128 Å². The maximum absolute atomic E-state index is 12.2. The average molecular weight is 288 g/mol. The summed E-state index contributed by atoms with van der Waals surface area (Å²) in [6.07, 6.45) is 2.63. The molecule has 2 rings (SSSR count). The molecule has 2 N–H and O–H groups in total. The van der Waals surface area contributed by atoms with Crippen molar-refractivity contribution in [1.82, 2.24) is 4.90 Å². The fraction of sp³-hybridized carbons (Fsp3) is 0.611. The van der Waals surface area contributed by atoms with Gasteiger partial charge in [0.15, 0.2) is 5.78 Å². The fourth-order valence-electron chi connectivity index (χ4n) is 2.83. The van der Waals surface area contributed by atoms with Crippen molar-refractivity contribution >= 4 is 5.78 Å². The highest BCUT2D eigenvalue weighted by atomic mass is 16.1. The smallest absolute Gasteiger partial charge is 0.162 e. The van der Waals surface area contributed by atoms with Crippen LogP contribution in [-0.2, 0) is 5.41 Å². The van der Waals surface area contributed by atoms with Crippen molar-refractivity contribution in [2.75, 3.05) is 19.6 Å². The van der Waals surface area contributed by atoms with Crippen LogP contribution in [0.1, 0.15) is 56.0 Å². The van der Waals surface area contributed by atoms with Crippen LogP contribution in [0.25, 0.3) is 0 Å². The van der Waals surface area contributed by atoms with Crippen LogP contribution in [0.3, 0.4) is 0 Å². The molecule has 1 aromatic rings. The first kappa shape index (κ1) is 16.2. The van der Waals surface area contributed by atoms with E-state index in [1.54, 1.807) is 0 Å². The summed E-state index contributed by atoms with van der Waals surface area (Å²) >= 11 is 0. The second-order valence-corrected chi connectivity index (χ2v) is 7.20. The molecule has 1 fully saturated rings. The molecule has 1 saturated heterocycles. The molecule has 1 aliphatic rings. The first-order chi connectivity index (χ1) is 9.86. The van der Waals surface area contributed by atoms with Gasteiger partial charge in [-0.2, -0.15) is 0 Å². The van der Waals surface area contributed by atoms with E-state index in [-0.39, 0.29) is 11.2 Å². The van der Waals surface area contributed by atoms with Gasteiger partial charge in [0.25, 0.3) is 0 Å². The topological polar surface area (TPSA) is 46.3 Å². The quantitative estimate of drug-likeness (QED) is 0.847. The molecule has 0 amide bonds. The summed E-state index contributed by atoms with van der Waals surface area (Å²) < 4.78 is 0. The predicted octanol–water partition coefficient (Wildman–Crippen LogP) is 2.98. The second kappa shape index (κ2) is 6.71. The van der Waals surface area contributed by atoms with Gasteiger partial charge in [0, 0.05) is 24.6 Å². The first-order valence-electron chi connectivity index (χ1n) is 7.98. The number of nitrogens with zero attached hydrogens (tertiary/aromatic N) is 1. The van der Waals surface area contributed by atoms with Gasteiger partial charge in [0.2, 0.25) is 0 Å². The van der Waals surface area contributed by atoms with Crippen LogP contribution in [0.2, 0.25) is 0 Å². The van der Waals surface area contributed by atoms with Gasteiger partial charge in [-0.25, -0.2) is 0 Å². The number of rotatable bonds is 5. The Morgan fingerprint density at radius 2 is 1.95 bits per heavy atom. The van der Waals surface area contributed by atoms with E-state index in [9.17, 15) is 4.79 Å². The third-order valence-electron chi connectivity index (χ3n) is 4.26. The van der Waals surface area contributed by atoms with Crippen LogP contribution < -0.4 is 5.73 Å². The number of ketones is 1. The Hall–Kier alpha value is -1.19. The van der Waals surface area contributed by atoms with Crippen LogP contribution in [0.5, 0.6) is 0 Å². The zero-order chi connectivity index (χ0) is 15.5. The van der Waals surface area contributed by atoms with E-state index in [0.717, 1.165) is 38.0 Å². The minimum absolute atomic E-state index is 0.135. The molecule has 0 spiro atoms. The van der Waals surface area contributed by atoms with Crippen molar-refractivity contribution in [3.63, 3.8) is 0 Å². The number of likely N-dealkylation sites (tertiary alicyclic amines) is 1. The monoisotopic (exact) mass is 288 g/mol. The highest BCUT2D eigenvalue weighted by molar-refractivity contribution is 5.96. The Bertz CT molecular complexity index is 473.